The third-order valence-electron chi connectivity index (χ3n) is 5.12. The number of benzene rings is 1. The van der Waals surface area contributed by atoms with Gasteiger partial charge in [0.15, 0.2) is 0 Å². The van der Waals surface area contributed by atoms with Crippen molar-refractivity contribution in [1.29, 1.82) is 0 Å². The molecule has 28 heavy (non-hydrogen) atoms. The van der Waals surface area contributed by atoms with Crippen molar-refractivity contribution in [3.05, 3.63) is 75.7 Å². The topological polar surface area (TPSA) is 37.3 Å². The van der Waals surface area contributed by atoms with Crippen LogP contribution in [0.25, 0.3) is 0 Å². The normalized spacial score (nSPS) is 10.8. The van der Waals surface area contributed by atoms with Crippen LogP contribution in [-0.2, 0) is 6.54 Å². The molecule has 0 bridgehead atoms. The highest BCUT2D eigenvalue weighted by atomic mass is 32.1. The first-order valence-corrected chi connectivity index (χ1v) is 10.7. The number of carbonyl (C=O) groups is 1. The van der Waals surface area contributed by atoms with Gasteiger partial charge in [0.05, 0.1) is 12.1 Å². The highest BCUT2D eigenvalue weighted by Crippen LogP contribution is 2.19. The van der Waals surface area contributed by atoms with Crippen LogP contribution in [0, 0.1) is 13.8 Å². The lowest BCUT2D eigenvalue weighted by molar-refractivity contribution is 0.0952. The van der Waals surface area contributed by atoms with E-state index in [9.17, 15) is 4.79 Å². The number of carbonyl (C=O) groups excluding carboxylic acids is 1. The second kappa shape index (κ2) is 9.60. The number of unbranched alkanes of at least 4 members (excludes halogenated alkanes) is 1. The van der Waals surface area contributed by atoms with Crippen LogP contribution >= 0.6 is 11.3 Å². The molecule has 0 atom stereocenters. The first-order chi connectivity index (χ1) is 13.6. The molecule has 1 amide bonds. The minimum Gasteiger partial charge on any atom is -0.375 e. The number of nitrogens with zero attached hydrogens (tertiary/aromatic N) is 2. The number of nitrogens with one attached hydrogen (secondary N) is 1. The molecule has 4 nitrogen and oxygen atoms in total. The number of hydrogen-bond donors (Lipinski definition) is 1. The molecular weight excluding hydrogens is 366 g/mol. The Morgan fingerprint density at radius 3 is 2.61 bits per heavy atom. The maximum absolute atomic E-state index is 12.6. The number of aromatic nitrogens is 1. The van der Waals surface area contributed by atoms with Gasteiger partial charge in [-0.1, -0.05) is 24.3 Å². The molecule has 1 N–H and O–H groups in total. The third kappa shape index (κ3) is 5.04. The summed E-state index contributed by atoms with van der Waals surface area (Å²) >= 11 is 1.75. The summed E-state index contributed by atoms with van der Waals surface area (Å²) in [6.07, 6.45) is 2.01. The minimum atomic E-state index is 0.0296. The Bertz CT molecular complexity index is 884. The first-order valence-electron chi connectivity index (χ1n) is 9.79. The van der Waals surface area contributed by atoms with Crippen LogP contribution in [0.5, 0.6) is 0 Å². The highest BCUT2D eigenvalue weighted by molar-refractivity contribution is 7.09. The third-order valence-corrected chi connectivity index (χ3v) is 5.98. The van der Waals surface area contributed by atoms with Gasteiger partial charge in [0, 0.05) is 42.1 Å². The van der Waals surface area contributed by atoms with Gasteiger partial charge in [-0.05, 0) is 56.3 Å². The maximum Gasteiger partial charge on any atom is 0.253 e. The number of hydrogen-bond acceptors (Lipinski definition) is 3. The molecule has 2 heterocycles. The quantitative estimate of drug-likeness (QED) is 0.525. The number of para-hydroxylation sites is 1. The molecule has 0 spiro atoms. The van der Waals surface area contributed by atoms with Gasteiger partial charge in [0.1, 0.15) is 0 Å². The first kappa shape index (κ1) is 20.2. The largest absolute Gasteiger partial charge is 0.375 e. The second-order valence-corrected chi connectivity index (χ2v) is 8.20. The molecule has 0 aliphatic carbocycles. The van der Waals surface area contributed by atoms with E-state index in [2.05, 4.69) is 70.5 Å². The molecule has 0 fully saturated rings. The fourth-order valence-electron chi connectivity index (χ4n) is 3.42. The molecule has 0 aliphatic heterocycles. The van der Waals surface area contributed by atoms with Crippen LogP contribution in [0.4, 0.5) is 5.69 Å². The zero-order chi connectivity index (χ0) is 19.9. The van der Waals surface area contributed by atoms with Crippen molar-refractivity contribution in [2.45, 2.75) is 33.2 Å². The molecule has 1 aromatic carbocycles. The van der Waals surface area contributed by atoms with Gasteiger partial charge >= 0.3 is 0 Å². The number of thiophene rings is 1. The summed E-state index contributed by atoms with van der Waals surface area (Å²) in [4.78, 5) is 16.2. The average Bonchev–Trinajstić information content (AvgIpc) is 3.32. The van der Waals surface area contributed by atoms with Gasteiger partial charge in [0.25, 0.3) is 5.91 Å². The van der Waals surface area contributed by atoms with E-state index in [0.29, 0.717) is 6.54 Å². The van der Waals surface area contributed by atoms with Crippen molar-refractivity contribution in [3.63, 3.8) is 0 Å². The van der Waals surface area contributed by atoms with E-state index in [1.165, 1.54) is 10.6 Å². The molecule has 0 radical (unpaired) electrons. The van der Waals surface area contributed by atoms with Gasteiger partial charge in [0.2, 0.25) is 0 Å². The van der Waals surface area contributed by atoms with Crippen molar-refractivity contribution in [2.75, 3.05) is 25.0 Å². The van der Waals surface area contributed by atoms with E-state index in [4.69, 9.17) is 0 Å². The second-order valence-electron chi connectivity index (χ2n) is 7.17. The summed E-state index contributed by atoms with van der Waals surface area (Å²) in [7, 11) is 2.11. The Kier molecular flexibility index (Phi) is 6.93. The number of amides is 1. The van der Waals surface area contributed by atoms with Crippen molar-refractivity contribution in [1.82, 2.24) is 9.88 Å². The Hall–Kier alpha value is -2.53. The zero-order valence-corrected chi connectivity index (χ0v) is 17.8. The van der Waals surface area contributed by atoms with Gasteiger partial charge < -0.3 is 14.8 Å². The van der Waals surface area contributed by atoms with E-state index < -0.39 is 0 Å². The molecule has 5 heteroatoms. The fourth-order valence-corrected chi connectivity index (χ4v) is 4.11. The monoisotopic (exact) mass is 395 g/mol. The Labute approximate surface area is 171 Å². The standard InChI is InChI=1S/C23H29N3OS/c1-18-16-22(19(2)26(18)17-21-12-9-15-28-21)23(27)24-13-7-8-14-25(3)20-10-5-4-6-11-20/h4-6,9-12,15-16H,7-8,13-14,17H2,1-3H3,(H,24,27). The summed E-state index contributed by atoms with van der Waals surface area (Å²) in [5.41, 5.74) is 4.17. The zero-order valence-electron chi connectivity index (χ0n) is 16.9. The van der Waals surface area contributed by atoms with Crippen molar-refractivity contribution < 1.29 is 4.79 Å². The summed E-state index contributed by atoms with van der Waals surface area (Å²) in [6, 6.07) is 16.6. The van der Waals surface area contributed by atoms with Gasteiger partial charge in [-0.3, -0.25) is 4.79 Å². The van der Waals surface area contributed by atoms with Crippen molar-refractivity contribution in [2.24, 2.45) is 0 Å². The van der Waals surface area contributed by atoms with E-state index in [1.807, 2.05) is 19.1 Å². The van der Waals surface area contributed by atoms with Gasteiger partial charge in [-0.2, -0.15) is 0 Å². The predicted octanol–water partition coefficient (Wildman–Crippen LogP) is 4.86. The van der Waals surface area contributed by atoms with E-state index in [1.54, 1.807) is 11.3 Å². The van der Waals surface area contributed by atoms with Crippen LogP contribution < -0.4 is 10.2 Å². The molecule has 0 unspecified atom stereocenters. The molecule has 0 saturated carbocycles. The van der Waals surface area contributed by atoms with Crippen LogP contribution in [-0.4, -0.2) is 30.6 Å². The van der Waals surface area contributed by atoms with Gasteiger partial charge in [-0.25, -0.2) is 0 Å². The summed E-state index contributed by atoms with van der Waals surface area (Å²) in [5, 5.41) is 5.17. The average molecular weight is 396 g/mol. The summed E-state index contributed by atoms with van der Waals surface area (Å²) < 4.78 is 2.22. The lowest BCUT2D eigenvalue weighted by Gasteiger charge is -2.19. The van der Waals surface area contributed by atoms with Crippen LogP contribution in [0.15, 0.2) is 53.9 Å². The smallest absolute Gasteiger partial charge is 0.253 e. The SMILES string of the molecule is Cc1cc(C(=O)NCCCCN(C)c2ccccc2)c(C)n1Cc1cccs1. The molecule has 3 rings (SSSR count). The Morgan fingerprint density at radius 2 is 1.89 bits per heavy atom. The maximum atomic E-state index is 12.6. The Balaban J connectivity index is 1.46. The lowest BCUT2D eigenvalue weighted by Crippen LogP contribution is -2.26. The minimum absolute atomic E-state index is 0.0296. The summed E-state index contributed by atoms with van der Waals surface area (Å²) in [5.74, 6) is 0.0296. The highest BCUT2D eigenvalue weighted by Gasteiger charge is 2.15. The molecule has 3 aromatic rings. The molecule has 148 valence electrons. The predicted molar refractivity (Wildman–Crippen MR) is 119 cm³/mol. The number of rotatable bonds is 9. The van der Waals surface area contributed by atoms with Crippen LogP contribution in [0.1, 0.15) is 39.5 Å². The summed E-state index contributed by atoms with van der Waals surface area (Å²) in [6.45, 7) is 6.61. The van der Waals surface area contributed by atoms with Gasteiger partial charge in [-0.15, -0.1) is 11.3 Å². The number of aryl methyl sites for hydroxylation is 1. The molecule has 2 aromatic heterocycles. The fraction of sp³-hybridized carbons (Fsp3) is 0.348. The Morgan fingerprint density at radius 1 is 1.11 bits per heavy atom. The molecular formula is C23H29N3OS. The van der Waals surface area contributed by atoms with Crippen LogP contribution in [0.3, 0.4) is 0 Å². The van der Waals surface area contributed by atoms with E-state index in [-0.39, 0.29) is 5.91 Å². The lowest BCUT2D eigenvalue weighted by atomic mass is 10.2. The van der Waals surface area contributed by atoms with E-state index in [0.717, 1.165) is 42.9 Å². The van der Waals surface area contributed by atoms with E-state index >= 15 is 0 Å². The van der Waals surface area contributed by atoms with Crippen LogP contribution in [0.2, 0.25) is 0 Å². The molecule has 0 aliphatic rings. The number of anilines is 1. The van der Waals surface area contributed by atoms with Crippen molar-refractivity contribution >= 4 is 22.9 Å². The van der Waals surface area contributed by atoms with Crippen molar-refractivity contribution in [3.8, 4) is 0 Å². The molecule has 0 saturated heterocycles.